The van der Waals surface area contributed by atoms with Gasteiger partial charge in [-0.15, -0.1) is 0 Å². The number of hydrogen-bond donors (Lipinski definition) is 6. The van der Waals surface area contributed by atoms with Crippen LogP contribution in [0.4, 0.5) is 0 Å². The molecule has 0 bridgehead atoms. The molecule has 8 heteroatoms. The summed E-state index contributed by atoms with van der Waals surface area (Å²) in [6.07, 6.45) is -0.535. The van der Waals surface area contributed by atoms with Crippen molar-refractivity contribution < 1.29 is 10.2 Å². The molecule has 1 rings (SSSR count). The van der Waals surface area contributed by atoms with Crippen molar-refractivity contribution in [3.63, 3.8) is 0 Å². The lowest BCUT2D eigenvalue weighted by Crippen LogP contribution is -2.64. The largest absolute Gasteiger partial charge is 0.394 e. The molecule has 0 fully saturated rings. The van der Waals surface area contributed by atoms with E-state index in [0.29, 0.717) is 0 Å². The maximum Gasteiger partial charge on any atom is 0.149 e. The number of aliphatic hydroxyl groups is 2. The maximum absolute atomic E-state index is 9.14. The summed E-state index contributed by atoms with van der Waals surface area (Å²) in [5.74, 6) is 0. The molecule has 8 nitrogen and oxygen atoms in total. The fourth-order valence-electron chi connectivity index (χ4n) is 1.64. The molecule has 1 heterocycles. The van der Waals surface area contributed by atoms with E-state index in [1.807, 2.05) is 0 Å². The van der Waals surface area contributed by atoms with Crippen LogP contribution in [0.2, 0.25) is 0 Å². The number of hydrogen-bond acceptors (Lipinski definition) is 8. The molecule has 0 saturated heterocycles. The van der Waals surface area contributed by atoms with Crippen LogP contribution < -0.4 is 22.9 Å². The topological polar surface area (TPSA) is 169 Å². The van der Waals surface area contributed by atoms with E-state index in [-0.39, 0.29) is 6.42 Å². The van der Waals surface area contributed by atoms with Crippen molar-refractivity contribution in [1.29, 1.82) is 0 Å². The Hall–Kier alpha value is -0.640. The maximum atomic E-state index is 9.14. The number of azo groups is 1. The second-order valence-corrected chi connectivity index (χ2v) is 3.96. The molecule has 1 aliphatic heterocycles. The number of nitrogens with two attached hydrogens (primary N) is 4. The Morgan fingerprint density at radius 1 is 1.20 bits per heavy atom. The van der Waals surface area contributed by atoms with Crippen molar-refractivity contribution >= 4 is 0 Å². The summed E-state index contributed by atoms with van der Waals surface area (Å²) in [5.41, 5.74) is 20.0. The predicted molar refractivity (Wildman–Crippen MR) is 53.4 cm³/mol. The summed E-state index contributed by atoms with van der Waals surface area (Å²) in [4.78, 5) is 0. The first-order valence-electron chi connectivity index (χ1n) is 4.61. The Kier molecular flexibility index (Phi) is 3.38. The van der Waals surface area contributed by atoms with E-state index in [2.05, 4.69) is 10.2 Å². The van der Waals surface area contributed by atoms with E-state index >= 15 is 0 Å². The highest BCUT2D eigenvalue weighted by atomic mass is 16.3. The van der Waals surface area contributed by atoms with Crippen molar-refractivity contribution in [2.75, 3.05) is 13.2 Å². The van der Waals surface area contributed by atoms with E-state index in [4.69, 9.17) is 33.1 Å². The third kappa shape index (κ3) is 2.00. The SMILES string of the molecule is NC(N)CC1(N)N=NC(CO)(CO)C1N. The van der Waals surface area contributed by atoms with Gasteiger partial charge in [-0.25, -0.2) is 0 Å². The average Bonchev–Trinajstić information content (AvgIpc) is 2.41. The zero-order chi connectivity index (χ0) is 11.7. The van der Waals surface area contributed by atoms with Crippen LogP contribution in [0, 0.1) is 0 Å². The van der Waals surface area contributed by atoms with Crippen molar-refractivity contribution in [2.24, 2.45) is 33.2 Å². The van der Waals surface area contributed by atoms with Gasteiger partial charge in [-0.1, -0.05) is 0 Å². The smallest absolute Gasteiger partial charge is 0.149 e. The van der Waals surface area contributed by atoms with Gasteiger partial charge in [-0.05, 0) is 0 Å². The van der Waals surface area contributed by atoms with E-state index in [1.54, 1.807) is 0 Å². The van der Waals surface area contributed by atoms with Gasteiger partial charge < -0.3 is 33.1 Å². The zero-order valence-corrected chi connectivity index (χ0v) is 8.37. The van der Waals surface area contributed by atoms with Gasteiger partial charge in [-0.2, -0.15) is 10.2 Å². The molecule has 2 unspecified atom stereocenters. The fourth-order valence-corrected chi connectivity index (χ4v) is 1.64. The molecule has 0 aliphatic carbocycles. The molecular formula is C7H18N6O2. The Balaban J connectivity index is 2.87. The standard InChI is InChI=1S/C7H18N6O2/c8-4(9)1-7(11)5(10)6(2-14,3-15)12-13-7/h4-5,14-15H,1-3,8-11H2. The lowest BCUT2D eigenvalue weighted by molar-refractivity contribution is 0.0967. The molecule has 2 atom stereocenters. The van der Waals surface area contributed by atoms with Crippen molar-refractivity contribution in [3.8, 4) is 0 Å². The highest BCUT2D eigenvalue weighted by Crippen LogP contribution is 2.32. The van der Waals surface area contributed by atoms with Gasteiger partial charge in [0.15, 0.2) is 0 Å². The third-order valence-electron chi connectivity index (χ3n) is 2.66. The van der Waals surface area contributed by atoms with Crippen molar-refractivity contribution in [3.05, 3.63) is 0 Å². The lowest BCUT2D eigenvalue weighted by atomic mass is 9.84. The van der Waals surface area contributed by atoms with Gasteiger partial charge in [0.25, 0.3) is 0 Å². The Morgan fingerprint density at radius 3 is 2.07 bits per heavy atom. The van der Waals surface area contributed by atoms with Crippen LogP contribution in [-0.2, 0) is 0 Å². The zero-order valence-electron chi connectivity index (χ0n) is 8.37. The van der Waals surface area contributed by atoms with Crippen molar-refractivity contribution in [2.45, 2.75) is 29.8 Å². The molecule has 0 radical (unpaired) electrons. The first-order chi connectivity index (χ1) is 6.90. The molecule has 0 spiro atoms. The summed E-state index contributed by atoms with van der Waals surface area (Å²) in [7, 11) is 0. The minimum Gasteiger partial charge on any atom is -0.394 e. The molecule has 15 heavy (non-hydrogen) atoms. The van der Waals surface area contributed by atoms with Gasteiger partial charge in [0.2, 0.25) is 0 Å². The molecule has 88 valence electrons. The quantitative estimate of drug-likeness (QED) is 0.271. The minimum absolute atomic E-state index is 0.138. The first-order valence-corrected chi connectivity index (χ1v) is 4.61. The molecule has 0 aromatic heterocycles. The number of aliphatic hydroxyl groups excluding tert-OH is 2. The minimum atomic E-state index is -1.23. The fraction of sp³-hybridized carbons (Fsp3) is 1.00. The van der Waals surface area contributed by atoms with Crippen LogP contribution in [-0.4, -0.2) is 46.8 Å². The average molecular weight is 218 g/mol. The summed E-state index contributed by atoms with van der Waals surface area (Å²) in [5, 5.41) is 25.8. The van der Waals surface area contributed by atoms with Gasteiger partial charge in [0.1, 0.15) is 11.2 Å². The van der Waals surface area contributed by atoms with E-state index < -0.39 is 36.6 Å². The van der Waals surface area contributed by atoms with Crippen LogP contribution in [0.5, 0.6) is 0 Å². The van der Waals surface area contributed by atoms with Gasteiger partial charge >= 0.3 is 0 Å². The Bertz CT molecular complexity index is 254. The van der Waals surface area contributed by atoms with Gasteiger partial charge in [0.05, 0.1) is 25.4 Å². The molecule has 10 N–H and O–H groups in total. The lowest BCUT2D eigenvalue weighted by Gasteiger charge is -2.33. The second-order valence-electron chi connectivity index (χ2n) is 3.96. The van der Waals surface area contributed by atoms with Crippen LogP contribution >= 0.6 is 0 Å². The number of nitrogens with zero attached hydrogens (tertiary/aromatic N) is 2. The van der Waals surface area contributed by atoms with Crippen LogP contribution in [0.1, 0.15) is 6.42 Å². The predicted octanol–water partition coefficient (Wildman–Crippen LogP) is -3.21. The second kappa shape index (κ2) is 4.08. The molecule has 0 aromatic carbocycles. The molecule has 1 aliphatic rings. The molecule has 0 saturated carbocycles. The normalized spacial score (nSPS) is 33.9. The van der Waals surface area contributed by atoms with E-state index in [9.17, 15) is 0 Å². The van der Waals surface area contributed by atoms with Gasteiger partial charge in [-0.3, -0.25) is 0 Å². The highest BCUT2D eigenvalue weighted by Gasteiger charge is 2.53. The summed E-state index contributed by atoms with van der Waals surface area (Å²) in [6.45, 7) is -0.847. The summed E-state index contributed by atoms with van der Waals surface area (Å²) >= 11 is 0. The summed E-state index contributed by atoms with van der Waals surface area (Å²) < 4.78 is 0. The van der Waals surface area contributed by atoms with Crippen LogP contribution in [0.3, 0.4) is 0 Å². The van der Waals surface area contributed by atoms with Crippen LogP contribution in [0.25, 0.3) is 0 Å². The third-order valence-corrected chi connectivity index (χ3v) is 2.66. The Morgan fingerprint density at radius 2 is 1.73 bits per heavy atom. The van der Waals surface area contributed by atoms with Gasteiger partial charge in [0, 0.05) is 6.42 Å². The monoisotopic (exact) mass is 218 g/mol. The van der Waals surface area contributed by atoms with E-state index in [0.717, 1.165) is 0 Å². The first kappa shape index (κ1) is 12.4. The molecule has 0 aromatic rings. The Labute approximate surface area is 87.3 Å². The highest BCUT2D eigenvalue weighted by molar-refractivity contribution is 5.12. The van der Waals surface area contributed by atoms with E-state index in [1.165, 1.54) is 0 Å². The molecular weight excluding hydrogens is 200 g/mol. The number of rotatable bonds is 4. The molecule has 0 amide bonds. The summed E-state index contributed by atoms with van der Waals surface area (Å²) in [6, 6.07) is -0.811. The van der Waals surface area contributed by atoms with Crippen molar-refractivity contribution in [1.82, 2.24) is 0 Å². The van der Waals surface area contributed by atoms with Crippen LogP contribution in [0.15, 0.2) is 10.2 Å².